The highest BCUT2D eigenvalue weighted by Crippen LogP contribution is 2.35. The largest absolute Gasteiger partial charge is 0.495 e. The predicted molar refractivity (Wildman–Crippen MR) is 74.6 cm³/mol. The van der Waals surface area contributed by atoms with E-state index in [1.807, 2.05) is 20.0 Å². The SMILES string of the molecule is CCOC(=O)c1c(C)c2c(N)c(OC)ccc2n1C. The number of carbonyl (C=O) groups excluding carboxylic acids is 1. The van der Waals surface area contributed by atoms with Crippen molar-refractivity contribution in [3.8, 4) is 5.75 Å². The van der Waals surface area contributed by atoms with Crippen LogP contribution < -0.4 is 10.5 Å². The Morgan fingerprint density at radius 3 is 2.68 bits per heavy atom. The molecule has 0 aliphatic rings. The number of methoxy groups -OCH3 is 1. The van der Waals surface area contributed by atoms with E-state index in [0.29, 0.717) is 23.7 Å². The smallest absolute Gasteiger partial charge is 0.355 e. The van der Waals surface area contributed by atoms with Gasteiger partial charge in [0, 0.05) is 12.4 Å². The molecule has 2 rings (SSSR count). The normalized spacial score (nSPS) is 10.7. The minimum atomic E-state index is -0.336. The van der Waals surface area contributed by atoms with Crippen molar-refractivity contribution in [3.63, 3.8) is 0 Å². The summed E-state index contributed by atoms with van der Waals surface area (Å²) in [6.07, 6.45) is 0. The zero-order valence-corrected chi connectivity index (χ0v) is 11.6. The van der Waals surface area contributed by atoms with Crippen LogP contribution in [0.2, 0.25) is 0 Å². The Morgan fingerprint density at radius 1 is 1.42 bits per heavy atom. The monoisotopic (exact) mass is 262 g/mol. The number of aryl methyl sites for hydroxylation is 2. The molecular formula is C14H18N2O3. The maximum atomic E-state index is 12.0. The van der Waals surface area contributed by atoms with Gasteiger partial charge in [0.05, 0.1) is 24.9 Å². The lowest BCUT2D eigenvalue weighted by atomic mass is 10.1. The van der Waals surface area contributed by atoms with Gasteiger partial charge in [0.1, 0.15) is 11.4 Å². The van der Waals surface area contributed by atoms with Gasteiger partial charge in [0.15, 0.2) is 0 Å². The molecular weight excluding hydrogens is 244 g/mol. The molecule has 0 radical (unpaired) electrons. The lowest BCUT2D eigenvalue weighted by Gasteiger charge is -2.06. The topological polar surface area (TPSA) is 66.5 Å². The third kappa shape index (κ3) is 1.91. The highest BCUT2D eigenvalue weighted by atomic mass is 16.5. The molecule has 0 aliphatic carbocycles. The van der Waals surface area contributed by atoms with Gasteiger partial charge in [0.25, 0.3) is 0 Å². The number of benzene rings is 1. The van der Waals surface area contributed by atoms with E-state index >= 15 is 0 Å². The van der Waals surface area contributed by atoms with Crippen molar-refractivity contribution in [2.75, 3.05) is 19.5 Å². The van der Waals surface area contributed by atoms with Gasteiger partial charge in [-0.15, -0.1) is 0 Å². The molecule has 2 aromatic rings. The Bertz CT molecular complexity index is 644. The van der Waals surface area contributed by atoms with E-state index < -0.39 is 0 Å². The number of aromatic nitrogens is 1. The van der Waals surface area contributed by atoms with Gasteiger partial charge in [-0.1, -0.05) is 0 Å². The molecule has 0 atom stereocenters. The Kier molecular flexibility index (Phi) is 3.38. The number of nitrogens with zero attached hydrogens (tertiary/aromatic N) is 1. The van der Waals surface area contributed by atoms with Gasteiger partial charge in [-0.3, -0.25) is 0 Å². The maximum Gasteiger partial charge on any atom is 0.355 e. The number of carbonyl (C=O) groups is 1. The van der Waals surface area contributed by atoms with Gasteiger partial charge in [-0.05, 0) is 31.5 Å². The van der Waals surface area contributed by atoms with E-state index in [4.69, 9.17) is 15.2 Å². The predicted octanol–water partition coefficient (Wildman–Crippen LogP) is 2.25. The van der Waals surface area contributed by atoms with Crippen molar-refractivity contribution in [1.82, 2.24) is 4.57 Å². The first-order valence-corrected chi connectivity index (χ1v) is 6.11. The lowest BCUT2D eigenvalue weighted by molar-refractivity contribution is 0.0515. The van der Waals surface area contributed by atoms with Gasteiger partial charge in [-0.2, -0.15) is 0 Å². The molecule has 0 amide bonds. The number of hydrogen-bond acceptors (Lipinski definition) is 4. The summed E-state index contributed by atoms with van der Waals surface area (Å²) >= 11 is 0. The Morgan fingerprint density at radius 2 is 2.11 bits per heavy atom. The quantitative estimate of drug-likeness (QED) is 0.680. The van der Waals surface area contributed by atoms with Crippen LogP contribution in [-0.4, -0.2) is 24.3 Å². The summed E-state index contributed by atoms with van der Waals surface area (Å²) in [7, 11) is 3.40. The number of ether oxygens (including phenoxy) is 2. The average Bonchev–Trinajstić information content (AvgIpc) is 2.63. The Balaban J connectivity index is 2.75. The summed E-state index contributed by atoms with van der Waals surface area (Å²) in [4.78, 5) is 12.0. The number of hydrogen-bond donors (Lipinski definition) is 1. The molecule has 0 fully saturated rings. The maximum absolute atomic E-state index is 12.0. The standard InChI is InChI=1S/C14H18N2O3/c1-5-19-14(17)13-8(2)11-9(16(13)3)6-7-10(18-4)12(11)15/h6-7H,5,15H2,1-4H3. The van der Waals surface area contributed by atoms with Crippen LogP contribution in [0.3, 0.4) is 0 Å². The summed E-state index contributed by atoms with van der Waals surface area (Å²) in [5.74, 6) is 0.272. The molecule has 1 aromatic heterocycles. The Labute approximate surface area is 111 Å². The van der Waals surface area contributed by atoms with Crippen LogP contribution in [0.1, 0.15) is 23.0 Å². The van der Waals surface area contributed by atoms with Crippen molar-refractivity contribution in [2.24, 2.45) is 7.05 Å². The Hall–Kier alpha value is -2.17. The fraction of sp³-hybridized carbons (Fsp3) is 0.357. The highest BCUT2D eigenvalue weighted by molar-refractivity contribution is 6.04. The number of nitrogens with two attached hydrogens (primary N) is 1. The van der Waals surface area contributed by atoms with E-state index in [1.165, 1.54) is 0 Å². The number of esters is 1. The number of rotatable bonds is 3. The van der Waals surface area contributed by atoms with E-state index in [2.05, 4.69) is 0 Å². The lowest BCUT2D eigenvalue weighted by Crippen LogP contribution is -2.10. The molecule has 19 heavy (non-hydrogen) atoms. The van der Waals surface area contributed by atoms with Crippen molar-refractivity contribution in [2.45, 2.75) is 13.8 Å². The van der Waals surface area contributed by atoms with Crippen LogP contribution in [-0.2, 0) is 11.8 Å². The molecule has 0 spiro atoms. The summed E-state index contributed by atoms with van der Waals surface area (Å²) in [6, 6.07) is 3.69. The van der Waals surface area contributed by atoms with Crippen LogP contribution >= 0.6 is 0 Å². The molecule has 5 nitrogen and oxygen atoms in total. The van der Waals surface area contributed by atoms with E-state index in [9.17, 15) is 4.79 Å². The fourth-order valence-corrected chi connectivity index (χ4v) is 2.42. The van der Waals surface area contributed by atoms with Crippen LogP contribution in [0.5, 0.6) is 5.75 Å². The highest BCUT2D eigenvalue weighted by Gasteiger charge is 2.21. The van der Waals surface area contributed by atoms with Gasteiger partial charge >= 0.3 is 5.97 Å². The van der Waals surface area contributed by atoms with Crippen molar-refractivity contribution >= 4 is 22.6 Å². The molecule has 0 saturated heterocycles. The second-order valence-electron chi connectivity index (χ2n) is 4.33. The fourth-order valence-electron chi connectivity index (χ4n) is 2.42. The third-order valence-electron chi connectivity index (χ3n) is 3.30. The zero-order valence-electron chi connectivity index (χ0n) is 11.6. The number of anilines is 1. The molecule has 0 saturated carbocycles. The second-order valence-corrected chi connectivity index (χ2v) is 4.33. The van der Waals surface area contributed by atoms with Crippen LogP contribution in [0.15, 0.2) is 12.1 Å². The number of fused-ring (bicyclic) bond motifs is 1. The van der Waals surface area contributed by atoms with E-state index in [-0.39, 0.29) is 5.97 Å². The van der Waals surface area contributed by atoms with Crippen molar-refractivity contribution in [3.05, 3.63) is 23.4 Å². The third-order valence-corrected chi connectivity index (χ3v) is 3.30. The number of nitrogen functional groups attached to an aromatic ring is 1. The van der Waals surface area contributed by atoms with Gasteiger partial charge in [-0.25, -0.2) is 4.79 Å². The first kappa shape index (κ1) is 13.3. The minimum absolute atomic E-state index is 0.336. The van der Waals surface area contributed by atoms with Crippen LogP contribution in [0.25, 0.3) is 10.9 Å². The van der Waals surface area contributed by atoms with Crippen molar-refractivity contribution < 1.29 is 14.3 Å². The summed E-state index contributed by atoms with van der Waals surface area (Å²) < 4.78 is 12.1. The van der Waals surface area contributed by atoms with E-state index in [1.54, 1.807) is 24.7 Å². The minimum Gasteiger partial charge on any atom is -0.495 e. The molecule has 0 aliphatic heterocycles. The van der Waals surface area contributed by atoms with E-state index in [0.717, 1.165) is 16.5 Å². The van der Waals surface area contributed by atoms with Crippen LogP contribution in [0.4, 0.5) is 5.69 Å². The molecule has 0 unspecified atom stereocenters. The molecule has 1 heterocycles. The second kappa shape index (κ2) is 4.84. The summed E-state index contributed by atoms with van der Waals surface area (Å²) in [6.45, 7) is 4.00. The van der Waals surface area contributed by atoms with Gasteiger partial charge in [0.2, 0.25) is 0 Å². The molecule has 1 aromatic carbocycles. The molecule has 102 valence electrons. The molecule has 0 bridgehead atoms. The van der Waals surface area contributed by atoms with Crippen molar-refractivity contribution in [1.29, 1.82) is 0 Å². The average molecular weight is 262 g/mol. The van der Waals surface area contributed by atoms with Crippen LogP contribution in [0, 0.1) is 6.92 Å². The first-order valence-electron chi connectivity index (χ1n) is 6.11. The van der Waals surface area contributed by atoms with Gasteiger partial charge < -0.3 is 19.8 Å². The first-order chi connectivity index (χ1) is 9.02. The molecule has 5 heteroatoms. The zero-order chi connectivity index (χ0) is 14.2. The summed E-state index contributed by atoms with van der Waals surface area (Å²) in [5, 5.41) is 0.838. The molecule has 2 N–H and O–H groups in total. The summed E-state index contributed by atoms with van der Waals surface area (Å²) in [5.41, 5.74) is 8.87.